The molecule has 216 valence electrons. The molecule has 3 aromatic rings. The van der Waals surface area contributed by atoms with Gasteiger partial charge in [-0.15, -0.1) is 0 Å². The van der Waals surface area contributed by atoms with Crippen molar-refractivity contribution in [1.82, 2.24) is 25.8 Å². The van der Waals surface area contributed by atoms with Crippen LogP contribution in [0.1, 0.15) is 43.2 Å². The molecule has 3 heterocycles. The number of aromatic amines is 1. The lowest BCUT2D eigenvalue weighted by Crippen LogP contribution is -2.53. The van der Waals surface area contributed by atoms with Gasteiger partial charge < -0.3 is 30.9 Å². The Labute approximate surface area is 238 Å². The molecule has 10 heteroatoms. The molecule has 5 rings (SSSR count). The Morgan fingerprint density at radius 2 is 1.73 bits per heavy atom. The molecule has 2 fully saturated rings. The van der Waals surface area contributed by atoms with Gasteiger partial charge in [-0.25, -0.2) is 4.79 Å². The van der Waals surface area contributed by atoms with Gasteiger partial charge in [0.15, 0.2) is 0 Å². The van der Waals surface area contributed by atoms with Crippen molar-refractivity contribution < 1.29 is 24.3 Å². The molecule has 0 radical (unpaired) electrons. The summed E-state index contributed by atoms with van der Waals surface area (Å²) in [6, 6.07) is 14.4. The maximum atomic E-state index is 13.6. The molecule has 0 aliphatic carbocycles. The summed E-state index contributed by atoms with van der Waals surface area (Å²) in [6.45, 7) is 1.33. The number of carboxylic acids is 1. The number of hydrogen-bond donors (Lipinski definition) is 5. The summed E-state index contributed by atoms with van der Waals surface area (Å²) in [6.07, 6.45) is 5.28. The van der Waals surface area contributed by atoms with E-state index < -0.39 is 30.0 Å². The van der Waals surface area contributed by atoms with Crippen LogP contribution < -0.4 is 16.0 Å². The Bertz CT molecular complexity index is 1380. The normalized spacial score (nSPS) is 20.0. The van der Waals surface area contributed by atoms with E-state index in [1.807, 2.05) is 60.8 Å². The first kappa shape index (κ1) is 28.4. The zero-order chi connectivity index (χ0) is 28.8. The molecule has 10 nitrogen and oxygen atoms in total. The van der Waals surface area contributed by atoms with Gasteiger partial charge in [-0.3, -0.25) is 14.4 Å². The number of carboxylic acid groups (broad SMARTS) is 1. The van der Waals surface area contributed by atoms with Crippen molar-refractivity contribution in [3.05, 3.63) is 71.9 Å². The minimum atomic E-state index is -1.12. The Kier molecular flexibility index (Phi) is 8.98. The van der Waals surface area contributed by atoms with Gasteiger partial charge in [0.2, 0.25) is 17.7 Å². The standard InChI is InChI=1S/C31H37N5O5/c37-28(35-26(31(40)41)16-20-8-2-1-3-9-20)18-22(17-21-19-33-24-11-5-4-10-23(21)24)34-29(38)27-13-7-15-36(27)30(39)25-12-6-14-32-25/h1-5,8-11,19,22,25-27,32-33H,6-7,12-18H2,(H,34,38)(H,35,37)(H,40,41). The number of hydrogen-bond acceptors (Lipinski definition) is 5. The van der Waals surface area contributed by atoms with Gasteiger partial charge in [-0.1, -0.05) is 48.5 Å². The average molecular weight is 560 g/mol. The summed E-state index contributed by atoms with van der Waals surface area (Å²) in [5, 5.41) is 19.7. The first-order valence-corrected chi connectivity index (χ1v) is 14.3. The van der Waals surface area contributed by atoms with Gasteiger partial charge in [-0.05, 0) is 55.8 Å². The quantitative estimate of drug-likeness (QED) is 0.244. The molecule has 2 saturated heterocycles. The molecule has 2 aliphatic rings. The van der Waals surface area contributed by atoms with Gasteiger partial charge in [0, 0.05) is 42.5 Å². The van der Waals surface area contributed by atoms with Crippen LogP contribution in [0.5, 0.6) is 0 Å². The van der Waals surface area contributed by atoms with Gasteiger partial charge in [0.1, 0.15) is 12.1 Å². The molecule has 4 atom stereocenters. The van der Waals surface area contributed by atoms with Crippen molar-refractivity contribution >= 4 is 34.6 Å². The lowest BCUT2D eigenvalue weighted by molar-refractivity contribution is -0.142. The number of nitrogens with zero attached hydrogens (tertiary/aromatic N) is 1. The number of carbonyl (C=O) groups excluding carboxylic acids is 3. The summed E-state index contributed by atoms with van der Waals surface area (Å²) in [4.78, 5) is 56.7. The fourth-order valence-electron chi connectivity index (χ4n) is 5.96. The van der Waals surface area contributed by atoms with Gasteiger partial charge in [0.05, 0.1) is 6.04 Å². The van der Waals surface area contributed by atoms with E-state index in [1.165, 1.54) is 0 Å². The summed E-state index contributed by atoms with van der Waals surface area (Å²) in [5.74, 6) is -1.92. The maximum Gasteiger partial charge on any atom is 0.326 e. The molecular weight excluding hydrogens is 522 g/mol. The van der Waals surface area contributed by atoms with Crippen LogP contribution in [-0.2, 0) is 32.0 Å². The van der Waals surface area contributed by atoms with E-state index in [9.17, 15) is 24.3 Å². The molecule has 41 heavy (non-hydrogen) atoms. The third-order valence-electron chi connectivity index (χ3n) is 8.03. The molecule has 2 aliphatic heterocycles. The van der Waals surface area contributed by atoms with Crippen LogP contribution in [0.2, 0.25) is 0 Å². The van der Waals surface area contributed by atoms with E-state index in [2.05, 4.69) is 20.9 Å². The zero-order valence-corrected chi connectivity index (χ0v) is 23.0. The summed E-state index contributed by atoms with van der Waals surface area (Å²) >= 11 is 0. The van der Waals surface area contributed by atoms with Crippen molar-refractivity contribution in [1.29, 1.82) is 0 Å². The van der Waals surface area contributed by atoms with E-state index in [1.54, 1.807) is 4.90 Å². The van der Waals surface area contributed by atoms with Gasteiger partial charge in [0.25, 0.3) is 0 Å². The second kappa shape index (κ2) is 13.0. The summed E-state index contributed by atoms with van der Waals surface area (Å²) in [7, 11) is 0. The monoisotopic (exact) mass is 559 g/mol. The highest BCUT2D eigenvalue weighted by molar-refractivity contribution is 5.91. The minimum Gasteiger partial charge on any atom is -0.480 e. The topological polar surface area (TPSA) is 144 Å². The maximum absolute atomic E-state index is 13.6. The van der Waals surface area contributed by atoms with Crippen LogP contribution in [0.3, 0.4) is 0 Å². The SMILES string of the molecule is O=C(CC(Cc1c[nH]c2ccccc12)NC(=O)C1CCCN1C(=O)C1CCCN1)NC(Cc1ccccc1)C(=O)O. The van der Waals surface area contributed by atoms with E-state index in [-0.39, 0.29) is 30.7 Å². The summed E-state index contributed by atoms with van der Waals surface area (Å²) < 4.78 is 0. The second-order valence-corrected chi connectivity index (χ2v) is 11.0. The number of amides is 3. The Hall–Kier alpha value is -4.18. The lowest BCUT2D eigenvalue weighted by atomic mass is 10.0. The van der Waals surface area contributed by atoms with Crippen LogP contribution in [0.4, 0.5) is 0 Å². The zero-order valence-electron chi connectivity index (χ0n) is 23.0. The third kappa shape index (κ3) is 6.94. The number of aromatic nitrogens is 1. The van der Waals surface area contributed by atoms with Crippen molar-refractivity contribution in [2.75, 3.05) is 13.1 Å². The van der Waals surface area contributed by atoms with Crippen LogP contribution in [0.15, 0.2) is 60.8 Å². The number of H-pyrrole nitrogens is 1. The number of para-hydroxylation sites is 1. The fraction of sp³-hybridized carbons (Fsp3) is 0.419. The molecule has 0 saturated carbocycles. The minimum absolute atomic E-state index is 0.0451. The second-order valence-electron chi connectivity index (χ2n) is 11.0. The number of nitrogens with one attached hydrogen (secondary N) is 4. The summed E-state index contributed by atoms with van der Waals surface area (Å²) in [5.41, 5.74) is 2.68. The predicted octanol–water partition coefficient (Wildman–Crippen LogP) is 2.14. The van der Waals surface area contributed by atoms with E-state index in [4.69, 9.17) is 0 Å². The van der Waals surface area contributed by atoms with Crippen molar-refractivity contribution in [3.8, 4) is 0 Å². The van der Waals surface area contributed by atoms with E-state index in [0.717, 1.165) is 47.8 Å². The average Bonchev–Trinajstić information content (AvgIpc) is 3.75. The number of carbonyl (C=O) groups is 4. The number of aliphatic carboxylic acids is 1. The van der Waals surface area contributed by atoms with Crippen LogP contribution in [0, 0.1) is 0 Å². The fourth-order valence-corrected chi connectivity index (χ4v) is 5.96. The Balaban J connectivity index is 1.30. The van der Waals surface area contributed by atoms with E-state index >= 15 is 0 Å². The number of rotatable bonds is 11. The molecule has 3 amide bonds. The van der Waals surface area contributed by atoms with Crippen molar-refractivity contribution in [2.45, 2.75) is 69.1 Å². The highest BCUT2D eigenvalue weighted by Crippen LogP contribution is 2.23. The molecule has 5 N–H and O–H groups in total. The first-order chi connectivity index (χ1) is 19.9. The molecule has 4 unspecified atom stereocenters. The van der Waals surface area contributed by atoms with Gasteiger partial charge >= 0.3 is 5.97 Å². The Morgan fingerprint density at radius 3 is 2.49 bits per heavy atom. The number of fused-ring (bicyclic) bond motifs is 1. The van der Waals surface area contributed by atoms with Crippen molar-refractivity contribution in [3.63, 3.8) is 0 Å². The van der Waals surface area contributed by atoms with Gasteiger partial charge in [-0.2, -0.15) is 0 Å². The Morgan fingerprint density at radius 1 is 0.951 bits per heavy atom. The third-order valence-corrected chi connectivity index (χ3v) is 8.03. The predicted molar refractivity (Wildman–Crippen MR) is 154 cm³/mol. The number of benzene rings is 2. The largest absolute Gasteiger partial charge is 0.480 e. The van der Waals surface area contributed by atoms with Crippen LogP contribution in [0.25, 0.3) is 10.9 Å². The van der Waals surface area contributed by atoms with Crippen LogP contribution in [-0.4, -0.2) is 75.9 Å². The molecule has 1 aromatic heterocycles. The first-order valence-electron chi connectivity index (χ1n) is 14.3. The molecule has 0 bridgehead atoms. The van der Waals surface area contributed by atoms with Crippen LogP contribution >= 0.6 is 0 Å². The highest BCUT2D eigenvalue weighted by Gasteiger charge is 2.38. The van der Waals surface area contributed by atoms with E-state index in [0.29, 0.717) is 19.4 Å². The highest BCUT2D eigenvalue weighted by atomic mass is 16.4. The number of likely N-dealkylation sites (tertiary alicyclic amines) is 1. The molecule has 2 aromatic carbocycles. The molecule has 0 spiro atoms. The smallest absolute Gasteiger partial charge is 0.326 e. The lowest BCUT2D eigenvalue weighted by Gasteiger charge is -2.28. The molecular formula is C31H37N5O5. The van der Waals surface area contributed by atoms with Crippen molar-refractivity contribution in [2.24, 2.45) is 0 Å².